The first-order chi connectivity index (χ1) is 15.8. The molecule has 0 bridgehead atoms. The molecule has 0 aliphatic heterocycles. The smallest absolute Gasteiger partial charge is 0.229 e. The fourth-order valence-corrected chi connectivity index (χ4v) is 3.89. The van der Waals surface area contributed by atoms with Crippen LogP contribution in [0.1, 0.15) is 11.1 Å². The molecule has 0 unspecified atom stereocenters. The molecular weight excluding hydrogens is 396 g/mol. The van der Waals surface area contributed by atoms with Crippen LogP contribution in [0.25, 0.3) is 33.6 Å². The third-order valence-corrected chi connectivity index (χ3v) is 5.40. The van der Waals surface area contributed by atoms with Crippen molar-refractivity contribution < 1.29 is 4.42 Å². The number of furan rings is 1. The molecule has 0 atom stereocenters. The number of benzene rings is 2. The number of pyridine rings is 2. The monoisotopic (exact) mass is 416 g/mol. The van der Waals surface area contributed by atoms with Crippen molar-refractivity contribution in [3.05, 3.63) is 103 Å². The highest BCUT2D eigenvalue weighted by atomic mass is 16.3. The molecule has 0 saturated carbocycles. The average Bonchev–Trinajstić information content (AvgIpc) is 3.26. The van der Waals surface area contributed by atoms with E-state index in [0.717, 1.165) is 39.9 Å². The molecule has 0 spiro atoms. The summed E-state index contributed by atoms with van der Waals surface area (Å²) in [5.41, 5.74) is 5.83. The van der Waals surface area contributed by atoms with E-state index in [1.54, 1.807) is 18.6 Å². The van der Waals surface area contributed by atoms with Crippen molar-refractivity contribution in [1.29, 1.82) is 5.26 Å². The second-order valence-electron chi connectivity index (χ2n) is 7.41. The lowest BCUT2D eigenvalue weighted by Crippen LogP contribution is -2.07. The second-order valence-corrected chi connectivity index (χ2v) is 7.41. The maximum absolute atomic E-state index is 9.81. The number of nitrogens with zero attached hydrogens (tertiary/aromatic N) is 3. The Bertz CT molecular complexity index is 1390. The van der Waals surface area contributed by atoms with Gasteiger partial charge in [-0.25, -0.2) is 4.98 Å². The van der Waals surface area contributed by atoms with Crippen molar-refractivity contribution in [2.75, 3.05) is 11.9 Å². The number of fused-ring (bicyclic) bond motifs is 1. The summed E-state index contributed by atoms with van der Waals surface area (Å²) in [7, 11) is 0. The van der Waals surface area contributed by atoms with E-state index in [1.807, 2.05) is 60.7 Å². The van der Waals surface area contributed by atoms with Crippen LogP contribution in [-0.2, 0) is 6.42 Å². The van der Waals surface area contributed by atoms with Gasteiger partial charge in [-0.15, -0.1) is 0 Å². The van der Waals surface area contributed by atoms with Gasteiger partial charge in [0.05, 0.1) is 22.8 Å². The molecule has 5 rings (SSSR count). The molecule has 0 saturated heterocycles. The van der Waals surface area contributed by atoms with Crippen LogP contribution >= 0.6 is 0 Å². The van der Waals surface area contributed by atoms with Crippen LogP contribution in [0, 0.1) is 11.3 Å². The van der Waals surface area contributed by atoms with Gasteiger partial charge in [-0.3, -0.25) is 4.98 Å². The van der Waals surface area contributed by atoms with Crippen molar-refractivity contribution in [2.24, 2.45) is 0 Å². The molecule has 5 nitrogen and oxygen atoms in total. The van der Waals surface area contributed by atoms with E-state index in [1.165, 1.54) is 5.56 Å². The van der Waals surface area contributed by atoms with Gasteiger partial charge in [-0.05, 0) is 29.7 Å². The van der Waals surface area contributed by atoms with E-state index < -0.39 is 0 Å². The number of rotatable bonds is 6. The number of aromatic nitrogens is 2. The molecule has 0 radical (unpaired) electrons. The SMILES string of the molecule is N#Cc1cnc2oc(-c3ccccc3)c(-c3ccccc3)c2c1NCCc1ccncc1. The van der Waals surface area contributed by atoms with Crippen LogP contribution in [0.2, 0.25) is 0 Å². The summed E-state index contributed by atoms with van der Waals surface area (Å²) in [4.78, 5) is 8.55. The first-order valence-corrected chi connectivity index (χ1v) is 10.4. The Hall–Kier alpha value is -4.43. The van der Waals surface area contributed by atoms with Gasteiger partial charge in [0.2, 0.25) is 5.71 Å². The number of hydrogen-bond acceptors (Lipinski definition) is 5. The van der Waals surface area contributed by atoms with Crippen LogP contribution in [0.15, 0.2) is 95.8 Å². The number of hydrogen-bond donors (Lipinski definition) is 1. The van der Waals surface area contributed by atoms with E-state index >= 15 is 0 Å². The molecule has 5 heteroatoms. The normalized spacial score (nSPS) is 10.7. The molecule has 0 amide bonds. The summed E-state index contributed by atoms with van der Waals surface area (Å²) in [5, 5.41) is 14.1. The molecule has 3 heterocycles. The Labute approximate surface area is 186 Å². The summed E-state index contributed by atoms with van der Waals surface area (Å²) in [6.07, 6.45) is 5.96. The zero-order chi connectivity index (χ0) is 21.8. The average molecular weight is 416 g/mol. The Morgan fingerprint density at radius 2 is 1.56 bits per heavy atom. The molecule has 0 aliphatic carbocycles. The van der Waals surface area contributed by atoms with E-state index in [0.29, 0.717) is 17.8 Å². The van der Waals surface area contributed by atoms with Gasteiger partial charge in [0.1, 0.15) is 11.8 Å². The van der Waals surface area contributed by atoms with Crippen molar-refractivity contribution in [3.8, 4) is 28.5 Å². The zero-order valence-electron chi connectivity index (χ0n) is 17.3. The minimum absolute atomic E-state index is 0.491. The number of nitrogens with one attached hydrogen (secondary N) is 1. The lowest BCUT2D eigenvalue weighted by Gasteiger charge is -2.11. The summed E-state index contributed by atoms with van der Waals surface area (Å²) < 4.78 is 6.28. The van der Waals surface area contributed by atoms with Gasteiger partial charge in [-0.2, -0.15) is 5.26 Å². The Morgan fingerprint density at radius 3 is 2.25 bits per heavy atom. The van der Waals surface area contributed by atoms with Gasteiger partial charge in [0, 0.05) is 30.1 Å². The molecule has 5 aromatic rings. The van der Waals surface area contributed by atoms with Crippen LogP contribution in [-0.4, -0.2) is 16.5 Å². The highest BCUT2D eigenvalue weighted by Gasteiger charge is 2.23. The predicted molar refractivity (Wildman–Crippen MR) is 126 cm³/mol. The van der Waals surface area contributed by atoms with E-state index in [9.17, 15) is 5.26 Å². The topological polar surface area (TPSA) is 74.7 Å². The Kier molecular flexibility index (Phi) is 5.34. The van der Waals surface area contributed by atoms with Crippen molar-refractivity contribution >= 4 is 16.8 Å². The first kappa shape index (κ1) is 19.5. The van der Waals surface area contributed by atoms with E-state index in [2.05, 4.69) is 33.5 Å². The summed E-state index contributed by atoms with van der Waals surface area (Å²) in [5.74, 6) is 0.742. The molecule has 3 aromatic heterocycles. The Balaban J connectivity index is 1.67. The maximum atomic E-state index is 9.81. The minimum atomic E-state index is 0.491. The maximum Gasteiger partial charge on any atom is 0.229 e. The second kappa shape index (κ2) is 8.75. The summed E-state index contributed by atoms with van der Waals surface area (Å²) in [6, 6.07) is 26.4. The molecule has 0 aliphatic rings. The lowest BCUT2D eigenvalue weighted by atomic mass is 9.97. The third-order valence-electron chi connectivity index (χ3n) is 5.40. The predicted octanol–water partition coefficient (Wildman–Crippen LogP) is 6.08. The zero-order valence-corrected chi connectivity index (χ0v) is 17.3. The molecule has 154 valence electrons. The minimum Gasteiger partial charge on any atom is -0.437 e. The van der Waals surface area contributed by atoms with Crippen LogP contribution in [0.4, 0.5) is 5.69 Å². The molecule has 32 heavy (non-hydrogen) atoms. The molecule has 2 aromatic carbocycles. The summed E-state index contributed by atoms with van der Waals surface area (Å²) >= 11 is 0. The van der Waals surface area contributed by atoms with Gasteiger partial charge < -0.3 is 9.73 Å². The lowest BCUT2D eigenvalue weighted by molar-refractivity contribution is 0.619. The largest absolute Gasteiger partial charge is 0.437 e. The van der Waals surface area contributed by atoms with Crippen molar-refractivity contribution in [1.82, 2.24) is 9.97 Å². The number of anilines is 1. The van der Waals surface area contributed by atoms with Crippen LogP contribution < -0.4 is 5.32 Å². The van der Waals surface area contributed by atoms with Gasteiger partial charge in [0.15, 0.2) is 0 Å². The third kappa shape index (κ3) is 3.70. The van der Waals surface area contributed by atoms with Crippen molar-refractivity contribution in [3.63, 3.8) is 0 Å². The molecule has 1 N–H and O–H groups in total. The quantitative estimate of drug-likeness (QED) is 0.363. The van der Waals surface area contributed by atoms with Crippen LogP contribution in [0.5, 0.6) is 0 Å². The van der Waals surface area contributed by atoms with Crippen molar-refractivity contribution in [2.45, 2.75) is 6.42 Å². The highest BCUT2D eigenvalue weighted by molar-refractivity contribution is 6.08. The summed E-state index contributed by atoms with van der Waals surface area (Å²) in [6.45, 7) is 0.665. The molecule has 0 fully saturated rings. The van der Waals surface area contributed by atoms with E-state index in [-0.39, 0.29) is 0 Å². The standard InChI is InChI=1S/C27H20N4O/c28-17-22-18-31-27-24(25(22)30-16-13-19-11-14-29-15-12-19)23(20-7-3-1-4-8-20)26(32-27)21-9-5-2-6-10-21/h1-12,14-15,18H,13,16H2,(H,30,31). The molecular formula is C27H20N4O. The van der Waals surface area contributed by atoms with E-state index in [4.69, 9.17) is 4.42 Å². The number of nitriles is 1. The fourth-order valence-electron chi connectivity index (χ4n) is 3.89. The van der Waals surface area contributed by atoms with Gasteiger partial charge in [-0.1, -0.05) is 60.7 Å². The van der Waals surface area contributed by atoms with Crippen LogP contribution in [0.3, 0.4) is 0 Å². The van der Waals surface area contributed by atoms with Gasteiger partial charge >= 0.3 is 0 Å². The fraction of sp³-hybridized carbons (Fsp3) is 0.0741. The first-order valence-electron chi connectivity index (χ1n) is 10.4. The van der Waals surface area contributed by atoms with Gasteiger partial charge in [0.25, 0.3) is 0 Å². The highest BCUT2D eigenvalue weighted by Crippen LogP contribution is 2.44. The Morgan fingerprint density at radius 1 is 0.875 bits per heavy atom.